The van der Waals surface area contributed by atoms with Crippen molar-refractivity contribution in [2.24, 2.45) is 5.73 Å². The minimum Gasteiger partial charge on any atom is -0.472 e. The van der Waals surface area contributed by atoms with Crippen LogP contribution in [0.3, 0.4) is 0 Å². The molecule has 1 aromatic carbocycles. The topological polar surface area (TPSA) is 101 Å². The van der Waals surface area contributed by atoms with Gasteiger partial charge in [-0.2, -0.15) is 5.26 Å². The summed E-state index contributed by atoms with van der Waals surface area (Å²) in [6.45, 7) is 4.16. The van der Waals surface area contributed by atoms with Crippen molar-refractivity contribution in [3.63, 3.8) is 0 Å². The molecule has 0 fully saturated rings. The van der Waals surface area contributed by atoms with E-state index in [0.29, 0.717) is 23.7 Å². The number of nitrogens with one attached hydrogen (secondary N) is 1. The predicted molar refractivity (Wildman–Crippen MR) is 87.9 cm³/mol. The highest BCUT2D eigenvalue weighted by molar-refractivity contribution is 5.97. The molecule has 1 unspecified atom stereocenters. The third-order valence-corrected chi connectivity index (χ3v) is 3.66. The summed E-state index contributed by atoms with van der Waals surface area (Å²) in [5.74, 6) is 0.490. The highest BCUT2D eigenvalue weighted by Gasteiger charge is 2.13. The van der Waals surface area contributed by atoms with Crippen molar-refractivity contribution < 1.29 is 4.74 Å². The van der Waals surface area contributed by atoms with Gasteiger partial charge in [0.25, 0.3) is 0 Å². The third-order valence-electron chi connectivity index (χ3n) is 3.66. The Kier molecular flexibility index (Phi) is 3.96. The summed E-state index contributed by atoms with van der Waals surface area (Å²) in [5.41, 5.74) is 9.32. The van der Waals surface area contributed by atoms with Crippen LogP contribution >= 0.6 is 0 Å². The molecule has 6 heteroatoms. The maximum absolute atomic E-state index is 9.18. The van der Waals surface area contributed by atoms with Gasteiger partial charge in [-0.3, -0.25) is 0 Å². The lowest BCUT2D eigenvalue weighted by atomic mass is 10.1. The lowest BCUT2D eigenvalue weighted by Crippen LogP contribution is -2.23. The van der Waals surface area contributed by atoms with E-state index in [1.807, 2.05) is 32.2 Å². The molecule has 3 N–H and O–H groups in total. The second-order valence-electron chi connectivity index (χ2n) is 5.35. The van der Waals surface area contributed by atoms with Crippen molar-refractivity contribution in [1.29, 1.82) is 5.26 Å². The highest BCUT2D eigenvalue weighted by atomic mass is 16.5. The molecule has 0 radical (unpaired) electrons. The fourth-order valence-corrected chi connectivity index (χ4v) is 2.41. The van der Waals surface area contributed by atoms with Gasteiger partial charge in [0.05, 0.1) is 23.0 Å². The predicted octanol–water partition coefficient (Wildman–Crippen LogP) is 2.53. The van der Waals surface area contributed by atoms with E-state index in [0.717, 1.165) is 22.2 Å². The average Bonchev–Trinajstić information content (AvgIpc) is 3.00. The van der Waals surface area contributed by atoms with Crippen molar-refractivity contribution in [1.82, 2.24) is 15.0 Å². The Balaban J connectivity index is 2.03. The Morgan fingerprint density at radius 2 is 2.26 bits per heavy atom. The standard InChI is InChI=1S/C17H17N5O/c1-10(6-18)23-17-11(2)22-15(9-21-17)14-8-20-16-12(7-19)4-3-5-13(14)16/h3-5,8-10,20H,6,18H2,1-2H3. The number of H-pyrrole nitrogens is 1. The molecule has 0 aliphatic heterocycles. The Morgan fingerprint density at radius 3 is 2.96 bits per heavy atom. The van der Waals surface area contributed by atoms with E-state index in [1.165, 1.54) is 0 Å². The number of aromatic nitrogens is 3. The maximum atomic E-state index is 9.18. The van der Waals surface area contributed by atoms with Crippen LogP contribution in [0.4, 0.5) is 0 Å². The van der Waals surface area contributed by atoms with Gasteiger partial charge >= 0.3 is 0 Å². The molecule has 3 rings (SSSR count). The van der Waals surface area contributed by atoms with Gasteiger partial charge in [0, 0.05) is 23.7 Å². The van der Waals surface area contributed by atoms with E-state index >= 15 is 0 Å². The summed E-state index contributed by atoms with van der Waals surface area (Å²) >= 11 is 0. The lowest BCUT2D eigenvalue weighted by Gasteiger charge is -2.13. The van der Waals surface area contributed by atoms with Gasteiger partial charge in [0.1, 0.15) is 17.9 Å². The number of nitriles is 1. The average molecular weight is 307 g/mol. The summed E-state index contributed by atoms with van der Waals surface area (Å²) in [6, 6.07) is 7.78. The number of ether oxygens (including phenoxy) is 1. The number of fused-ring (bicyclic) bond motifs is 1. The molecule has 0 saturated heterocycles. The Morgan fingerprint density at radius 1 is 1.43 bits per heavy atom. The molecule has 2 aromatic heterocycles. The molecule has 0 bridgehead atoms. The van der Waals surface area contributed by atoms with Gasteiger partial charge in [-0.25, -0.2) is 9.97 Å². The number of rotatable bonds is 4. The van der Waals surface area contributed by atoms with Crippen LogP contribution < -0.4 is 10.5 Å². The van der Waals surface area contributed by atoms with Crippen molar-refractivity contribution in [3.8, 4) is 23.2 Å². The Labute approximate surface area is 133 Å². The normalized spacial score (nSPS) is 12.1. The van der Waals surface area contributed by atoms with Crippen LogP contribution in [0.1, 0.15) is 18.2 Å². The van der Waals surface area contributed by atoms with Crippen molar-refractivity contribution >= 4 is 10.9 Å². The van der Waals surface area contributed by atoms with E-state index in [4.69, 9.17) is 10.5 Å². The van der Waals surface area contributed by atoms with Crippen LogP contribution in [0.25, 0.3) is 22.2 Å². The number of nitrogens with zero attached hydrogens (tertiary/aromatic N) is 3. The first kappa shape index (κ1) is 15.0. The summed E-state index contributed by atoms with van der Waals surface area (Å²) in [5, 5.41) is 10.1. The molecule has 23 heavy (non-hydrogen) atoms. The quantitative estimate of drug-likeness (QED) is 0.771. The molecule has 3 aromatic rings. The SMILES string of the molecule is Cc1nc(-c2c[nH]c3c(C#N)cccc23)cnc1OC(C)CN. The highest BCUT2D eigenvalue weighted by Crippen LogP contribution is 2.29. The van der Waals surface area contributed by atoms with Crippen LogP contribution in [0.15, 0.2) is 30.6 Å². The minimum absolute atomic E-state index is 0.111. The van der Waals surface area contributed by atoms with Crippen molar-refractivity contribution in [2.75, 3.05) is 6.54 Å². The van der Waals surface area contributed by atoms with Crippen LogP contribution in [-0.2, 0) is 0 Å². The van der Waals surface area contributed by atoms with Crippen LogP contribution in [0.5, 0.6) is 5.88 Å². The van der Waals surface area contributed by atoms with Crippen molar-refractivity contribution in [2.45, 2.75) is 20.0 Å². The van der Waals surface area contributed by atoms with Crippen LogP contribution in [0.2, 0.25) is 0 Å². The van der Waals surface area contributed by atoms with Gasteiger partial charge in [0.2, 0.25) is 5.88 Å². The molecule has 6 nitrogen and oxygen atoms in total. The first-order valence-corrected chi connectivity index (χ1v) is 7.35. The lowest BCUT2D eigenvalue weighted by molar-refractivity contribution is 0.218. The molecular weight excluding hydrogens is 290 g/mol. The fraction of sp³-hybridized carbons (Fsp3) is 0.235. The summed E-state index contributed by atoms with van der Waals surface area (Å²) < 4.78 is 5.64. The summed E-state index contributed by atoms with van der Waals surface area (Å²) in [7, 11) is 0. The van der Waals surface area contributed by atoms with E-state index in [2.05, 4.69) is 21.0 Å². The second kappa shape index (κ2) is 6.07. The molecule has 0 saturated carbocycles. The van der Waals surface area contributed by atoms with E-state index in [-0.39, 0.29) is 6.10 Å². The molecule has 1 atom stereocenters. The zero-order valence-electron chi connectivity index (χ0n) is 13.0. The zero-order valence-corrected chi connectivity index (χ0v) is 13.0. The monoisotopic (exact) mass is 307 g/mol. The first-order valence-electron chi connectivity index (χ1n) is 7.35. The van der Waals surface area contributed by atoms with Crippen LogP contribution in [0, 0.1) is 18.3 Å². The first-order chi connectivity index (χ1) is 11.1. The largest absolute Gasteiger partial charge is 0.472 e. The smallest absolute Gasteiger partial charge is 0.235 e. The van der Waals surface area contributed by atoms with E-state index in [9.17, 15) is 5.26 Å². The third kappa shape index (κ3) is 2.74. The summed E-state index contributed by atoms with van der Waals surface area (Å²) in [6.07, 6.45) is 3.41. The fourth-order valence-electron chi connectivity index (χ4n) is 2.41. The maximum Gasteiger partial charge on any atom is 0.235 e. The van der Waals surface area contributed by atoms with Crippen molar-refractivity contribution in [3.05, 3.63) is 41.9 Å². The number of hydrogen-bond donors (Lipinski definition) is 2. The van der Waals surface area contributed by atoms with Gasteiger partial charge in [-0.15, -0.1) is 0 Å². The second-order valence-corrected chi connectivity index (χ2v) is 5.35. The van der Waals surface area contributed by atoms with Gasteiger partial charge in [0.15, 0.2) is 0 Å². The number of aryl methyl sites for hydroxylation is 1. The minimum atomic E-state index is -0.111. The Hall–Kier alpha value is -2.91. The van der Waals surface area contributed by atoms with E-state index in [1.54, 1.807) is 12.3 Å². The van der Waals surface area contributed by atoms with Crippen LogP contribution in [-0.4, -0.2) is 27.6 Å². The number of hydrogen-bond acceptors (Lipinski definition) is 5. The zero-order chi connectivity index (χ0) is 16.4. The number of para-hydroxylation sites is 1. The molecule has 116 valence electrons. The molecule has 0 spiro atoms. The number of nitrogens with two attached hydrogens (primary N) is 1. The van der Waals surface area contributed by atoms with Gasteiger partial charge < -0.3 is 15.5 Å². The molecule has 2 heterocycles. The molecule has 0 aliphatic rings. The number of benzene rings is 1. The summed E-state index contributed by atoms with van der Waals surface area (Å²) in [4.78, 5) is 12.1. The molecule has 0 aliphatic carbocycles. The van der Waals surface area contributed by atoms with E-state index < -0.39 is 0 Å². The molecule has 0 amide bonds. The van der Waals surface area contributed by atoms with Gasteiger partial charge in [-0.05, 0) is 19.9 Å². The number of aromatic amines is 1. The van der Waals surface area contributed by atoms with Gasteiger partial charge in [-0.1, -0.05) is 12.1 Å². The Bertz CT molecular complexity index is 894. The molecular formula is C17H17N5O.